The van der Waals surface area contributed by atoms with Crippen molar-refractivity contribution in [2.75, 3.05) is 13.6 Å². The number of nitrogens with one attached hydrogen (secondary N) is 1. The number of carbonyl (C=O) groups is 1. The molecule has 1 aromatic carbocycles. The van der Waals surface area contributed by atoms with Gasteiger partial charge in [-0.3, -0.25) is 9.69 Å². The number of hydrogen-bond acceptors (Lipinski definition) is 2. The average Bonchev–Trinajstić information content (AvgIpc) is 2.76. The molecule has 1 aliphatic heterocycles. The Morgan fingerprint density at radius 1 is 1.39 bits per heavy atom. The number of benzene rings is 1. The second kappa shape index (κ2) is 3.33. The van der Waals surface area contributed by atoms with Crippen molar-refractivity contribution in [2.45, 2.75) is 12.5 Å². The maximum absolute atomic E-state index is 11.8. The molecule has 3 heteroatoms. The maximum Gasteiger partial charge on any atom is 0.170 e. The van der Waals surface area contributed by atoms with E-state index < -0.39 is 0 Å². The maximum atomic E-state index is 11.8. The first-order valence-electron chi connectivity index (χ1n) is 6.28. The van der Waals surface area contributed by atoms with Crippen molar-refractivity contribution in [1.29, 1.82) is 0 Å². The fourth-order valence-corrected chi connectivity index (χ4v) is 3.30. The molecule has 4 rings (SSSR count). The van der Waals surface area contributed by atoms with Gasteiger partial charge >= 0.3 is 0 Å². The third-order valence-corrected chi connectivity index (χ3v) is 4.12. The fraction of sp³-hybridized carbons (Fsp3) is 0.267. The van der Waals surface area contributed by atoms with Gasteiger partial charge in [0, 0.05) is 23.1 Å². The molecule has 0 fully saturated rings. The van der Waals surface area contributed by atoms with Crippen molar-refractivity contribution in [3.63, 3.8) is 0 Å². The minimum absolute atomic E-state index is 0.208. The predicted molar refractivity (Wildman–Crippen MR) is 71.4 cm³/mol. The number of rotatable bonds is 0. The molecule has 2 aliphatic rings. The number of hydrogen-bond donors (Lipinski definition) is 1. The van der Waals surface area contributed by atoms with E-state index in [1.807, 2.05) is 13.1 Å². The van der Waals surface area contributed by atoms with E-state index in [1.165, 1.54) is 27.6 Å². The highest BCUT2D eigenvalue weighted by Gasteiger charge is 2.32. The minimum atomic E-state index is 0.208. The van der Waals surface area contributed by atoms with Crippen LogP contribution in [0.25, 0.3) is 16.5 Å². The van der Waals surface area contributed by atoms with E-state index in [4.69, 9.17) is 0 Å². The zero-order valence-electron chi connectivity index (χ0n) is 10.2. The van der Waals surface area contributed by atoms with Gasteiger partial charge in [0.2, 0.25) is 0 Å². The first-order chi connectivity index (χ1) is 8.74. The lowest BCUT2D eigenvalue weighted by molar-refractivity contribution is -0.116. The Labute approximate surface area is 105 Å². The Morgan fingerprint density at radius 2 is 2.28 bits per heavy atom. The first-order valence-corrected chi connectivity index (χ1v) is 6.28. The van der Waals surface area contributed by atoms with Crippen LogP contribution in [-0.2, 0) is 11.2 Å². The molecule has 1 aromatic heterocycles. The van der Waals surface area contributed by atoms with Gasteiger partial charge in [-0.05, 0) is 42.3 Å². The highest BCUT2D eigenvalue weighted by atomic mass is 16.1. The number of nitrogens with zero attached hydrogens (tertiary/aromatic N) is 1. The first kappa shape index (κ1) is 10.1. The summed E-state index contributed by atoms with van der Waals surface area (Å²) in [5.41, 5.74) is 4.94. The summed E-state index contributed by atoms with van der Waals surface area (Å²) in [5.74, 6) is 0.208. The van der Waals surface area contributed by atoms with E-state index in [0.717, 1.165) is 6.42 Å². The monoisotopic (exact) mass is 238 g/mol. The van der Waals surface area contributed by atoms with Gasteiger partial charge in [0.1, 0.15) is 0 Å². The molecule has 3 nitrogen and oxygen atoms in total. The van der Waals surface area contributed by atoms with Crippen LogP contribution in [0.3, 0.4) is 0 Å². The van der Waals surface area contributed by atoms with Crippen LogP contribution in [0.5, 0.6) is 0 Å². The standard InChI is InChI=1S/C15H14N2O/c1-17-8-10(18)6-12-11-3-2-4-13-15(11)9(7-16-13)5-14(12)17/h2-4,6-7,14,16H,5,8H2,1H3. The third kappa shape index (κ3) is 1.20. The molecule has 0 saturated carbocycles. The van der Waals surface area contributed by atoms with Crippen LogP contribution in [0.2, 0.25) is 0 Å². The Kier molecular flexibility index (Phi) is 1.87. The van der Waals surface area contributed by atoms with E-state index in [-0.39, 0.29) is 5.78 Å². The van der Waals surface area contributed by atoms with Crippen LogP contribution in [0.4, 0.5) is 0 Å². The lowest BCUT2D eigenvalue weighted by Gasteiger charge is -2.36. The lowest BCUT2D eigenvalue weighted by atomic mass is 9.82. The number of likely N-dealkylation sites (N-methyl/N-ethyl adjacent to an activating group) is 1. The number of H-pyrrole nitrogens is 1. The van der Waals surface area contributed by atoms with Crippen LogP contribution in [0, 0.1) is 0 Å². The number of ketones is 1. The summed E-state index contributed by atoms with van der Waals surface area (Å²) in [6, 6.07) is 6.62. The van der Waals surface area contributed by atoms with E-state index >= 15 is 0 Å². The molecule has 2 aromatic rings. The predicted octanol–water partition coefficient (Wildman–Crippen LogP) is 1.99. The molecule has 1 aliphatic carbocycles. The molecule has 2 heterocycles. The zero-order chi connectivity index (χ0) is 12.3. The Balaban J connectivity index is 2.05. The molecule has 0 spiro atoms. The molecule has 90 valence electrons. The third-order valence-electron chi connectivity index (χ3n) is 4.12. The van der Waals surface area contributed by atoms with Gasteiger partial charge in [0.15, 0.2) is 5.78 Å². The summed E-state index contributed by atoms with van der Waals surface area (Å²) >= 11 is 0. The average molecular weight is 238 g/mol. The van der Waals surface area contributed by atoms with Crippen molar-refractivity contribution >= 4 is 22.3 Å². The van der Waals surface area contributed by atoms with Gasteiger partial charge in [0.05, 0.1) is 6.54 Å². The molecular formula is C15H14N2O. The molecule has 0 amide bonds. The summed E-state index contributed by atoms with van der Waals surface area (Å²) in [4.78, 5) is 17.3. The highest BCUT2D eigenvalue weighted by Crippen LogP contribution is 2.39. The second-order valence-electron chi connectivity index (χ2n) is 5.24. The topological polar surface area (TPSA) is 36.1 Å². The lowest BCUT2D eigenvalue weighted by Crippen LogP contribution is -2.42. The number of fused-ring (bicyclic) bond motifs is 2. The van der Waals surface area contributed by atoms with Gasteiger partial charge in [-0.25, -0.2) is 0 Å². The molecule has 1 unspecified atom stereocenters. The normalized spacial score (nSPS) is 23.1. The van der Waals surface area contributed by atoms with Crippen molar-refractivity contribution in [2.24, 2.45) is 0 Å². The summed E-state index contributed by atoms with van der Waals surface area (Å²) in [7, 11) is 2.04. The Morgan fingerprint density at radius 3 is 3.17 bits per heavy atom. The SMILES string of the molecule is CN1CC(=O)C=C2c3cccc4[nH]cc(c34)CC21. The Bertz CT molecular complexity index is 696. The van der Waals surface area contributed by atoms with Gasteiger partial charge < -0.3 is 4.98 Å². The Hall–Kier alpha value is -1.87. The van der Waals surface area contributed by atoms with Crippen molar-refractivity contribution in [3.05, 3.63) is 41.6 Å². The summed E-state index contributed by atoms with van der Waals surface area (Å²) < 4.78 is 0. The van der Waals surface area contributed by atoms with Crippen LogP contribution in [0.15, 0.2) is 30.5 Å². The van der Waals surface area contributed by atoms with E-state index in [1.54, 1.807) is 0 Å². The fourth-order valence-electron chi connectivity index (χ4n) is 3.30. The van der Waals surface area contributed by atoms with Crippen molar-refractivity contribution in [1.82, 2.24) is 9.88 Å². The van der Waals surface area contributed by atoms with E-state index in [0.29, 0.717) is 12.6 Å². The smallest absolute Gasteiger partial charge is 0.170 e. The minimum Gasteiger partial charge on any atom is -0.361 e. The molecule has 0 saturated heterocycles. The summed E-state index contributed by atoms with van der Waals surface area (Å²) in [6.45, 7) is 0.532. The summed E-state index contributed by atoms with van der Waals surface area (Å²) in [5, 5.41) is 1.29. The van der Waals surface area contributed by atoms with Gasteiger partial charge in [-0.2, -0.15) is 0 Å². The molecule has 1 N–H and O–H groups in total. The van der Waals surface area contributed by atoms with E-state index in [9.17, 15) is 4.79 Å². The van der Waals surface area contributed by atoms with Crippen LogP contribution in [0.1, 0.15) is 11.1 Å². The molecule has 0 radical (unpaired) electrons. The van der Waals surface area contributed by atoms with E-state index in [2.05, 4.69) is 34.3 Å². The molecular weight excluding hydrogens is 224 g/mol. The van der Waals surface area contributed by atoms with Gasteiger partial charge in [0.25, 0.3) is 0 Å². The molecule has 0 bridgehead atoms. The second-order valence-corrected chi connectivity index (χ2v) is 5.24. The van der Waals surface area contributed by atoms with Crippen LogP contribution >= 0.6 is 0 Å². The molecule has 18 heavy (non-hydrogen) atoms. The van der Waals surface area contributed by atoms with Crippen molar-refractivity contribution in [3.8, 4) is 0 Å². The van der Waals surface area contributed by atoms with Crippen molar-refractivity contribution < 1.29 is 4.79 Å². The van der Waals surface area contributed by atoms with Crippen LogP contribution < -0.4 is 0 Å². The quantitative estimate of drug-likeness (QED) is 0.762. The van der Waals surface area contributed by atoms with Gasteiger partial charge in [-0.1, -0.05) is 12.1 Å². The number of aromatic nitrogens is 1. The largest absolute Gasteiger partial charge is 0.361 e. The number of aromatic amines is 1. The number of carbonyl (C=O) groups excluding carboxylic acids is 1. The highest BCUT2D eigenvalue weighted by molar-refractivity contribution is 6.06. The summed E-state index contributed by atoms with van der Waals surface area (Å²) in [6.07, 6.45) is 4.94. The van der Waals surface area contributed by atoms with Gasteiger partial charge in [-0.15, -0.1) is 0 Å². The van der Waals surface area contributed by atoms with Crippen LogP contribution in [-0.4, -0.2) is 35.3 Å². The zero-order valence-corrected chi connectivity index (χ0v) is 10.2. The molecule has 1 atom stereocenters.